The van der Waals surface area contributed by atoms with Crippen LogP contribution < -0.4 is 5.69 Å². The van der Waals surface area contributed by atoms with Gasteiger partial charge in [-0.1, -0.05) is 25.7 Å². The number of Topliss-reactive ketones (excluding diaryl/α,β-unsaturated/α-hetero) is 1. The van der Waals surface area contributed by atoms with Gasteiger partial charge in [0.05, 0.1) is 0 Å². The number of aromatic nitrogens is 3. The third-order valence-corrected chi connectivity index (χ3v) is 4.65. The van der Waals surface area contributed by atoms with Crippen molar-refractivity contribution in [2.45, 2.75) is 70.9 Å². The maximum Gasteiger partial charge on any atom is 0.346 e. The van der Waals surface area contributed by atoms with Crippen molar-refractivity contribution in [1.29, 1.82) is 0 Å². The molecule has 0 saturated heterocycles. The fourth-order valence-electron chi connectivity index (χ4n) is 3.43. The Hall–Kier alpha value is -1.39. The van der Waals surface area contributed by atoms with E-state index in [2.05, 4.69) is 5.10 Å². The lowest BCUT2D eigenvalue weighted by Crippen LogP contribution is -2.31. The summed E-state index contributed by atoms with van der Waals surface area (Å²) in [6.07, 6.45) is 9.65. The molecule has 0 N–H and O–H groups in total. The second kappa shape index (κ2) is 5.94. The van der Waals surface area contributed by atoms with Crippen LogP contribution in [0.2, 0.25) is 0 Å². The molecule has 2 heterocycles. The lowest BCUT2D eigenvalue weighted by molar-refractivity contribution is -0.124. The van der Waals surface area contributed by atoms with Gasteiger partial charge in [-0.3, -0.25) is 9.36 Å². The van der Waals surface area contributed by atoms with Gasteiger partial charge in [0.2, 0.25) is 0 Å². The summed E-state index contributed by atoms with van der Waals surface area (Å²) in [4.78, 5) is 24.6. The Morgan fingerprint density at radius 2 is 1.85 bits per heavy atom. The molecule has 0 aromatic carbocycles. The summed E-state index contributed by atoms with van der Waals surface area (Å²) in [5, 5.41) is 4.39. The molecule has 0 amide bonds. The van der Waals surface area contributed by atoms with Crippen molar-refractivity contribution in [3.8, 4) is 0 Å². The van der Waals surface area contributed by atoms with Crippen LogP contribution in [0, 0.1) is 5.92 Å². The van der Waals surface area contributed by atoms with Crippen molar-refractivity contribution >= 4 is 5.78 Å². The van der Waals surface area contributed by atoms with Crippen LogP contribution in [0.15, 0.2) is 4.79 Å². The highest BCUT2D eigenvalue weighted by atomic mass is 16.2. The number of carbonyl (C=O) groups excluding carboxylic acids is 1. The average molecular weight is 277 g/mol. The molecule has 20 heavy (non-hydrogen) atoms. The van der Waals surface area contributed by atoms with E-state index in [1.807, 2.05) is 0 Å². The summed E-state index contributed by atoms with van der Waals surface area (Å²) in [7, 11) is 0. The first-order chi connectivity index (χ1) is 9.75. The summed E-state index contributed by atoms with van der Waals surface area (Å²) in [5.41, 5.74) is -0.0916. The molecule has 1 aromatic rings. The van der Waals surface area contributed by atoms with Crippen LogP contribution >= 0.6 is 0 Å². The maximum atomic E-state index is 12.3. The maximum absolute atomic E-state index is 12.3. The summed E-state index contributed by atoms with van der Waals surface area (Å²) < 4.78 is 3.17. The lowest BCUT2D eigenvalue weighted by atomic mass is 9.86. The Balaban J connectivity index is 1.74. The van der Waals surface area contributed by atoms with E-state index in [1.54, 1.807) is 4.57 Å². The molecule has 0 bridgehead atoms. The molecule has 0 spiro atoms. The zero-order valence-corrected chi connectivity index (χ0v) is 12.0. The van der Waals surface area contributed by atoms with E-state index in [9.17, 15) is 9.59 Å². The molecule has 5 heteroatoms. The Morgan fingerprint density at radius 3 is 2.65 bits per heavy atom. The Bertz CT molecular complexity index is 538. The number of hydrogen-bond acceptors (Lipinski definition) is 3. The topological polar surface area (TPSA) is 56.9 Å². The molecule has 1 aromatic heterocycles. The second-order valence-corrected chi connectivity index (χ2v) is 6.12. The van der Waals surface area contributed by atoms with Gasteiger partial charge < -0.3 is 0 Å². The average Bonchev–Trinajstić information content (AvgIpc) is 2.67. The molecule has 5 nitrogen and oxygen atoms in total. The minimum Gasteiger partial charge on any atom is -0.297 e. The summed E-state index contributed by atoms with van der Waals surface area (Å²) in [6, 6.07) is 0. The van der Waals surface area contributed by atoms with Crippen LogP contribution in [0.5, 0.6) is 0 Å². The van der Waals surface area contributed by atoms with Gasteiger partial charge in [-0.25, -0.2) is 9.48 Å². The molecule has 2 aliphatic rings. The third-order valence-electron chi connectivity index (χ3n) is 4.65. The zero-order valence-electron chi connectivity index (χ0n) is 12.0. The molecule has 0 unspecified atom stereocenters. The number of aryl methyl sites for hydroxylation is 1. The standard InChI is InChI=1S/C15H23N3O2/c19-13(12-7-3-1-4-8-12)11-18-15(20)17-10-6-2-5-9-14(17)16-18/h12H,1-11H2. The van der Waals surface area contributed by atoms with Crippen molar-refractivity contribution in [3.63, 3.8) is 0 Å². The molecular formula is C15H23N3O2. The van der Waals surface area contributed by atoms with Crippen molar-refractivity contribution in [1.82, 2.24) is 14.3 Å². The molecule has 1 aliphatic carbocycles. The van der Waals surface area contributed by atoms with E-state index in [0.717, 1.165) is 63.7 Å². The van der Waals surface area contributed by atoms with Gasteiger partial charge in [0.25, 0.3) is 0 Å². The van der Waals surface area contributed by atoms with E-state index in [1.165, 1.54) is 11.1 Å². The van der Waals surface area contributed by atoms with E-state index in [0.29, 0.717) is 0 Å². The molecule has 110 valence electrons. The van der Waals surface area contributed by atoms with Gasteiger partial charge in [0.15, 0.2) is 5.78 Å². The van der Waals surface area contributed by atoms with Gasteiger partial charge >= 0.3 is 5.69 Å². The highest BCUT2D eigenvalue weighted by molar-refractivity contribution is 5.80. The van der Waals surface area contributed by atoms with Crippen LogP contribution in [0.25, 0.3) is 0 Å². The zero-order chi connectivity index (χ0) is 13.9. The minimum atomic E-state index is -0.0916. The van der Waals surface area contributed by atoms with E-state index in [-0.39, 0.29) is 23.9 Å². The molecular weight excluding hydrogens is 254 g/mol. The SMILES string of the molecule is O=C(Cn1nc2n(c1=O)CCCCC2)C1CCCCC1. The number of rotatable bonds is 3. The number of carbonyl (C=O) groups is 1. The fourth-order valence-corrected chi connectivity index (χ4v) is 3.43. The van der Waals surface area contributed by atoms with Crippen molar-refractivity contribution in [2.24, 2.45) is 5.92 Å². The molecule has 0 radical (unpaired) electrons. The van der Waals surface area contributed by atoms with Crippen molar-refractivity contribution in [3.05, 3.63) is 16.3 Å². The lowest BCUT2D eigenvalue weighted by Gasteiger charge is -2.19. The Labute approximate surface area is 119 Å². The largest absolute Gasteiger partial charge is 0.346 e. The van der Waals surface area contributed by atoms with Crippen molar-refractivity contribution in [2.75, 3.05) is 0 Å². The fraction of sp³-hybridized carbons (Fsp3) is 0.800. The first kappa shape index (κ1) is 13.6. The number of ketones is 1. The van der Waals surface area contributed by atoms with Crippen LogP contribution in [0.4, 0.5) is 0 Å². The molecule has 3 rings (SSSR count). The minimum absolute atomic E-state index is 0.0916. The molecule has 1 fully saturated rings. The Kier molecular flexibility index (Phi) is 4.03. The molecule has 1 aliphatic heterocycles. The number of hydrogen-bond donors (Lipinski definition) is 0. The van der Waals surface area contributed by atoms with E-state index in [4.69, 9.17) is 0 Å². The monoisotopic (exact) mass is 277 g/mol. The van der Waals surface area contributed by atoms with E-state index >= 15 is 0 Å². The third kappa shape index (κ3) is 2.72. The van der Waals surface area contributed by atoms with Crippen LogP contribution in [0.1, 0.15) is 57.2 Å². The van der Waals surface area contributed by atoms with E-state index < -0.39 is 0 Å². The van der Waals surface area contributed by atoms with Crippen LogP contribution in [-0.4, -0.2) is 20.1 Å². The van der Waals surface area contributed by atoms with Crippen LogP contribution in [0.3, 0.4) is 0 Å². The first-order valence-corrected chi connectivity index (χ1v) is 7.95. The van der Waals surface area contributed by atoms with Gasteiger partial charge in [-0.05, 0) is 25.7 Å². The van der Waals surface area contributed by atoms with Gasteiger partial charge in [-0.2, -0.15) is 5.10 Å². The van der Waals surface area contributed by atoms with Gasteiger partial charge in [0.1, 0.15) is 12.4 Å². The summed E-state index contributed by atoms with van der Waals surface area (Å²) in [5.74, 6) is 1.21. The highest BCUT2D eigenvalue weighted by Gasteiger charge is 2.23. The predicted octanol–water partition coefficient (Wildman–Crippen LogP) is 1.92. The summed E-state index contributed by atoms with van der Waals surface area (Å²) >= 11 is 0. The summed E-state index contributed by atoms with van der Waals surface area (Å²) in [6.45, 7) is 0.926. The molecule has 0 atom stereocenters. The number of fused-ring (bicyclic) bond motifs is 1. The first-order valence-electron chi connectivity index (χ1n) is 7.95. The molecule has 1 saturated carbocycles. The second-order valence-electron chi connectivity index (χ2n) is 6.12. The quantitative estimate of drug-likeness (QED) is 0.848. The van der Waals surface area contributed by atoms with Crippen molar-refractivity contribution < 1.29 is 4.79 Å². The van der Waals surface area contributed by atoms with Gasteiger partial charge in [-0.15, -0.1) is 0 Å². The number of nitrogens with zero attached hydrogens (tertiary/aromatic N) is 3. The van der Waals surface area contributed by atoms with Crippen LogP contribution in [-0.2, 0) is 24.3 Å². The van der Waals surface area contributed by atoms with Gasteiger partial charge in [0, 0.05) is 18.9 Å². The highest BCUT2D eigenvalue weighted by Crippen LogP contribution is 2.24. The Morgan fingerprint density at radius 1 is 1.10 bits per heavy atom. The predicted molar refractivity (Wildman–Crippen MR) is 75.6 cm³/mol. The normalized spacial score (nSPS) is 20.4. The smallest absolute Gasteiger partial charge is 0.297 e.